The van der Waals surface area contributed by atoms with Crippen molar-refractivity contribution in [3.8, 4) is 11.4 Å². The van der Waals surface area contributed by atoms with Crippen LogP contribution in [0.1, 0.15) is 13.8 Å². The largest absolute Gasteiger partial charge is 0.372 e. The van der Waals surface area contributed by atoms with Crippen LogP contribution in [0, 0.1) is 5.82 Å². The molecule has 1 aromatic heterocycles. The summed E-state index contributed by atoms with van der Waals surface area (Å²) in [4.78, 5) is 15.3. The fraction of sp³-hybridized carbons (Fsp3) is 0.467. The van der Waals surface area contributed by atoms with E-state index in [0.29, 0.717) is 13.1 Å². The predicted octanol–water partition coefficient (Wildman–Crippen LogP) is 1.11. The van der Waals surface area contributed by atoms with E-state index in [1.807, 2.05) is 13.8 Å². The van der Waals surface area contributed by atoms with Crippen molar-refractivity contribution >= 4 is 5.91 Å². The molecular weight excluding hydrogens is 301 g/mol. The zero-order valence-corrected chi connectivity index (χ0v) is 13.0. The van der Waals surface area contributed by atoms with Crippen molar-refractivity contribution in [3.05, 3.63) is 30.1 Å². The summed E-state index contributed by atoms with van der Waals surface area (Å²) in [6.07, 6.45) is 0.000706. The Morgan fingerprint density at radius 2 is 2.00 bits per heavy atom. The Morgan fingerprint density at radius 1 is 1.30 bits per heavy atom. The number of aromatic nitrogens is 4. The average Bonchev–Trinajstić information content (AvgIpc) is 2.95. The molecule has 1 aliphatic rings. The van der Waals surface area contributed by atoms with Gasteiger partial charge >= 0.3 is 0 Å². The van der Waals surface area contributed by atoms with Crippen LogP contribution in [0.25, 0.3) is 11.4 Å². The smallest absolute Gasteiger partial charge is 0.246 e. The Balaban J connectivity index is 1.69. The normalized spacial score (nSPS) is 21.4. The Kier molecular flexibility index (Phi) is 4.33. The first-order valence-corrected chi connectivity index (χ1v) is 7.49. The number of carbonyl (C=O) groups excluding carboxylic acids is 1. The van der Waals surface area contributed by atoms with Crippen molar-refractivity contribution in [2.24, 2.45) is 0 Å². The number of halogens is 1. The first-order valence-electron chi connectivity index (χ1n) is 7.49. The van der Waals surface area contributed by atoms with Crippen molar-refractivity contribution in [3.63, 3.8) is 0 Å². The van der Waals surface area contributed by atoms with E-state index in [-0.39, 0.29) is 36.0 Å². The minimum Gasteiger partial charge on any atom is -0.372 e. The third kappa shape index (κ3) is 3.53. The number of hydrogen-bond donors (Lipinski definition) is 0. The number of carbonyl (C=O) groups is 1. The van der Waals surface area contributed by atoms with Gasteiger partial charge in [-0.15, -0.1) is 10.2 Å². The fourth-order valence-corrected chi connectivity index (χ4v) is 2.66. The van der Waals surface area contributed by atoms with E-state index in [9.17, 15) is 9.18 Å². The minimum atomic E-state index is -0.422. The molecule has 3 rings (SSSR count). The second kappa shape index (κ2) is 6.41. The number of nitrogens with zero attached hydrogens (tertiary/aromatic N) is 5. The van der Waals surface area contributed by atoms with Crippen LogP contribution >= 0.6 is 0 Å². The second-order valence-electron chi connectivity index (χ2n) is 5.68. The van der Waals surface area contributed by atoms with E-state index in [4.69, 9.17) is 4.74 Å². The van der Waals surface area contributed by atoms with Gasteiger partial charge in [0.1, 0.15) is 12.4 Å². The summed E-state index contributed by atoms with van der Waals surface area (Å²) in [5.74, 6) is -0.363. The topological polar surface area (TPSA) is 73.1 Å². The highest BCUT2D eigenvalue weighted by Gasteiger charge is 2.26. The number of amides is 1. The molecule has 0 spiro atoms. The average molecular weight is 319 g/mol. The van der Waals surface area contributed by atoms with Crippen LogP contribution < -0.4 is 0 Å². The highest BCUT2D eigenvalue weighted by atomic mass is 19.1. The van der Waals surface area contributed by atoms with Gasteiger partial charge in [0.15, 0.2) is 0 Å². The Labute approximate surface area is 133 Å². The number of rotatable bonds is 3. The van der Waals surface area contributed by atoms with E-state index in [1.165, 1.54) is 10.9 Å². The molecule has 0 unspecified atom stereocenters. The molecule has 1 aromatic carbocycles. The predicted molar refractivity (Wildman–Crippen MR) is 79.8 cm³/mol. The maximum Gasteiger partial charge on any atom is 0.246 e. The molecule has 1 fully saturated rings. The molecule has 0 saturated carbocycles. The lowest BCUT2D eigenvalue weighted by molar-refractivity contribution is -0.144. The zero-order valence-electron chi connectivity index (χ0n) is 13.0. The number of ether oxygens (including phenoxy) is 1. The lowest BCUT2D eigenvalue weighted by Crippen LogP contribution is -2.49. The van der Waals surface area contributed by atoms with Crippen molar-refractivity contribution in [2.75, 3.05) is 13.1 Å². The van der Waals surface area contributed by atoms with E-state index in [0.717, 1.165) is 0 Å². The number of morpholine rings is 1. The van der Waals surface area contributed by atoms with Crippen LogP contribution in [-0.2, 0) is 16.1 Å². The van der Waals surface area contributed by atoms with Crippen molar-refractivity contribution < 1.29 is 13.9 Å². The van der Waals surface area contributed by atoms with Crippen LogP contribution in [-0.4, -0.2) is 56.3 Å². The summed E-state index contributed by atoms with van der Waals surface area (Å²) in [5.41, 5.74) is 0.264. The highest BCUT2D eigenvalue weighted by Crippen LogP contribution is 2.17. The molecule has 7 nitrogen and oxygen atoms in total. The first kappa shape index (κ1) is 15.5. The Morgan fingerprint density at radius 3 is 2.70 bits per heavy atom. The van der Waals surface area contributed by atoms with Crippen molar-refractivity contribution in [2.45, 2.75) is 32.6 Å². The lowest BCUT2D eigenvalue weighted by atomic mass is 10.2. The molecule has 8 heteroatoms. The molecular formula is C15H18FN5O2. The van der Waals surface area contributed by atoms with Crippen LogP contribution in [0.4, 0.5) is 4.39 Å². The highest BCUT2D eigenvalue weighted by molar-refractivity contribution is 5.76. The van der Waals surface area contributed by atoms with E-state index in [2.05, 4.69) is 15.4 Å². The molecule has 0 bridgehead atoms. The van der Waals surface area contributed by atoms with Gasteiger partial charge in [0.2, 0.25) is 11.7 Å². The summed E-state index contributed by atoms with van der Waals surface area (Å²) in [6, 6.07) is 6.19. The molecule has 122 valence electrons. The maximum atomic E-state index is 13.7. The van der Waals surface area contributed by atoms with Crippen LogP contribution in [0.5, 0.6) is 0 Å². The molecule has 23 heavy (non-hydrogen) atoms. The minimum absolute atomic E-state index is 0.000353. The van der Waals surface area contributed by atoms with Gasteiger partial charge in [-0.25, -0.2) is 4.39 Å². The summed E-state index contributed by atoms with van der Waals surface area (Å²) in [6.45, 7) is 4.91. The molecule has 1 saturated heterocycles. The number of hydrogen-bond acceptors (Lipinski definition) is 5. The van der Waals surface area contributed by atoms with Crippen LogP contribution in [0.15, 0.2) is 24.3 Å². The van der Waals surface area contributed by atoms with Gasteiger partial charge in [0.05, 0.1) is 17.8 Å². The summed E-state index contributed by atoms with van der Waals surface area (Å²) >= 11 is 0. The lowest BCUT2D eigenvalue weighted by Gasteiger charge is -2.35. The molecule has 0 N–H and O–H groups in total. The summed E-state index contributed by atoms with van der Waals surface area (Å²) in [7, 11) is 0. The van der Waals surface area contributed by atoms with Crippen LogP contribution in [0.3, 0.4) is 0 Å². The third-order valence-corrected chi connectivity index (χ3v) is 3.62. The molecule has 0 radical (unpaired) electrons. The van der Waals surface area contributed by atoms with Gasteiger partial charge in [-0.2, -0.15) is 4.80 Å². The molecule has 2 heterocycles. The molecule has 2 aromatic rings. The summed E-state index contributed by atoms with van der Waals surface area (Å²) < 4.78 is 19.3. The Hall–Kier alpha value is -2.35. The van der Waals surface area contributed by atoms with Gasteiger partial charge in [0.25, 0.3) is 0 Å². The van der Waals surface area contributed by atoms with Gasteiger partial charge in [0, 0.05) is 13.1 Å². The summed E-state index contributed by atoms with van der Waals surface area (Å²) in [5, 5.41) is 11.7. The maximum absolute atomic E-state index is 13.7. The Bertz CT molecular complexity index is 695. The van der Waals surface area contributed by atoms with Gasteiger partial charge in [-0.3, -0.25) is 4.79 Å². The molecule has 1 aliphatic heterocycles. The second-order valence-corrected chi connectivity index (χ2v) is 5.68. The van der Waals surface area contributed by atoms with Gasteiger partial charge in [-0.1, -0.05) is 12.1 Å². The zero-order chi connectivity index (χ0) is 16.4. The van der Waals surface area contributed by atoms with Crippen LogP contribution in [0.2, 0.25) is 0 Å². The molecule has 0 aliphatic carbocycles. The van der Waals surface area contributed by atoms with E-state index >= 15 is 0 Å². The first-order chi connectivity index (χ1) is 11.0. The quantitative estimate of drug-likeness (QED) is 0.847. The van der Waals surface area contributed by atoms with Crippen molar-refractivity contribution in [1.29, 1.82) is 0 Å². The number of tetrazole rings is 1. The fourth-order valence-electron chi connectivity index (χ4n) is 2.66. The SMILES string of the molecule is C[C@@H]1CN(C(=O)Cn2nnc(-c3ccccc3F)n2)C[C@@H](C)O1. The molecule has 2 atom stereocenters. The molecule has 1 amide bonds. The van der Waals surface area contributed by atoms with E-state index < -0.39 is 5.82 Å². The van der Waals surface area contributed by atoms with Crippen molar-refractivity contribution in [1.82, 2.24) is 25.1 Å². The van der Waals surface area contributed by atoms with Gasteiger partial charge in [-0.05, 0) is 31.2 Å². The third-order valence-electron chi connectivity index (χ3n) is 3.62. The van der Waals surface area contributed by atoms with E-state index in [1.54, 1.807) is 23.1 Å². The standard InChI is InChI=1S/C15H18FN5O2/c1-10-7-20(8-11(2)23-10)14(22)9-21-18-15(17-19-21)12-5-3-4-6-13(12)16/h3-6,10-11H,7-9H2,1-2H3/t10-,11-/m1/s1. The number of benzene rings is 1. The van der Waals surface area contributed by atoms with Gasteiger partial charge < -0.3 is 9.64 Å². The monoisotopic (exact) mass is 319 g/mol.